The number of nitrogens with two attached hydrogens (primary N) is 1. The Balaban J connectivity index is 0.962. The Bertz CT molecular complexity index is 1730. The molecule has 2 heterocycles. The Kier molecular flexibility index (Phi) is 14.0. The lowest BCUT2D eigenvalue weighted by atomic mass is 9.99. The molecule has 2 aliphatic heterocycles. The summed E-state index contributed by atoms with van der Waals surface area (Å²) in [5.74, 6) is -0.0795. The summed E-state index contributed by atoms with van der Waals surface area (Å²) in [5, 5.41) is 15.4. The fourth-order valence-corrected chi connectivity index (χ4v) is 6.95. The molecule has 0 spiro atoms. The van der Waals surface area contributed by atoms with Crippen LogP contribution in [-0.2, 0) is 38.8 Å². The predicted octanol–water partition coefficient (Wildman–Crippen LogP) is 6.33. The second kappa shape index (κ2) is 19.5. The summed E-state index contributed by atoms with van der Waals surface area (Å²) in [7, 11) is 0. The van der Waals surface area contributed by atoms with E-state index in [4.69, 9.17) is 15.2 Å². The first kappa shape index (κ1) is 38.2. The molecule has 2 saturated heterocycles. The molecule has 3 atom stereocenters. The fourth-order valence-electron chi connectivity index (χ4n) is 6.95. The van der Waals surface area contributed by atoms with Gasteiger partial charge in [0.15, 0.2) is 6.29 Å². The van der Waals surface area contributed by atoms with Gasteiger partial charge < -0.3 is 30.9 Å². The molecule has 53 heavy (non-hydrogen) atoms. The van der Waals surface area contributed by atoms with E-state index in [0.29, 0.717) is 37.2 Å². The molecule has 6 rings (SSSR count). The van der Waals surface area contributed by atoms with Crippen LogP contribution in [0.1, 0.15) is 78.7 Å². The number of piperazine rings is 1. The Labute approximate surface area is 313 Å². The summed E-state index contributed by atoms with van der Waals surface area (Å²) >= 11 is 0. The van der Waals surface area contributed by atoms with Crippen molar-refractivity contribution in [2.24, 2.45) is 0 Å². The highest BCUT2D eigenvalue weighted by Gasteiger charge is 2.33. The van der Waals surface area contributed by atoms with E-state index in [1.807, 2.05) is 60.7 Å². The van der Waals surface area contributed by atoms with Crippen molar-refractivity contribution in [2.45, 2.75) is 76.7 Å². The third-order valence-electron chi connectivity index (χ3n) is 10.1. The van der Waals surface area contributed by atoms with Crippen molar-refractivity contribution in [3.8, 4) is 0 Å². The molecule has 2 amide bonds. The molecular formula is C43H53N5O5. The van der Waals surface area contributed by atoms with Gasteiger partial charge in [-0.1, -0.05) is 97.4 Å². The quantitative estimate of drug-likeness (QED) is 0.0782. The van der Waals surface area contributed by atoms with Crippen LogP contribution in [0.5, 0.6) is 0 Å². The number of benzene rings is 4. The van der Waals surface area contributed by atoms with Gasteiger partial charge in [-0.2, -0.15) is 0 Å². The largest absolute Gasteiger partial charge is 0.397 e. The highest BCUT2D eigenvalue weighted by atomic mass is 16.7. The van der Waals surface area contributed by atoms with E-state index in [9.17, 15) is 14.7 Å². The molecule has 10 heteroatoms. The zero-order chi connectivity index (χ0) is 36.8. The first-order valence-corrected chi connectivity index (χ1v) is 18.9. The lowest BCUT2D eigenvalue weighted by Gasteiger charge is -2.40. The highest BCUT2D eigenvalue weighted by molar-refractivity contribution is 5.93. The van der Waals surface area contributed by atoms with Gasteiger partial charge in [0, 0.05) is 70.6 Å². The predicted molar refractivity (Wildman–Crippen MR) is 207 cm³/mol. The molecule has 3 unspecified atom stereocenters. The van der Waals surface area contributed by atoms with E-state index >= 15 is 0 Å². The third kappa shape index (κ3) is 11.7. The molecule has 0 radical (unpaired) electrons. The Morgan fingerprint density at radius 1 is 0.698 bits per heavy atom. The second-order valence-electron chi connectivity index (χ2n) is 14.1. The number of hydrogen-bond acceptors (Lipinski definition) is 8. The van der Waals surface area contributed by atoms with E-state index in [1.165, 1.54) is 5.56 Å². The highest BCUT2D eigenvalue weighted by Crippen LogP contribution is 2.38. The molecule has 0 saturated carbocycles. The van der Waals surface area contributed by atoms with Crippen molar-refractivity contribution in [2.75, 3.05) is 43.8 Å². The molecule has 2 fully saturated rings. The molecule has 0 bridgehead atoms. The average molecular weight is 720 g/mol. The Morgan fingerprint density at radius 3 is 2.06 bits per heavy atom. The van der Waals surface area contributed by atoms with E-state index in [0.717, 1.165) is 80.8 Å². The van der Waals surface area contributed by atoms with Crippen LogP contribution < -0.4 is 16.4 Å². The van der Waals surface area contributed by atoms with Crippen LogP contribution in [0.3, 0.4) is 0 Å². The number of ether oxygens (including phenoxy) is 2. The van der Waals surface area contributed by atoms with Crippen molar-refractivity contribution in [3.63, 3.8) is 0 Å². The number of anilines is 2. The van der Waals surface area contributed by atoms with E-state index in [-0.39, 0.29) is 30.6 Å². The van der Waals surface area contributed by atoms with Gasteiger partial charge in [-0.3, -0.25) is 19.4 Å². The molecule has 0 aromatic heterocycles. The molecule has 0 aliphatic carbocycles. The number of para-hydroxylation sites is 2. The van der Waals surface area contributed by atoms with Crippen molar-refractivity contribution in [3.05, 3.63) is 131 Å². The lowest BCUT2D eigenvalue weighted by Crippen LogP contribution is -2.49. The maximum absolute atomic E-state index is 12.6. The maximum atomic E-state index is 12.6. The number of nitrogen functional groups attached to an aromatic ring is 1. The second-order valence-corrected chi connectivity index (χ2v) is 14.1. The van der Waals surface area contributed by atoms with Gasteiger partial charge in [-0.25, -0.2) is 0 Å². The number of rotatable bonds is 16. The Morgan fingerprint density at radius 2 is 1.34 bits per heavy atom. The minimum Gasteiger partial charge on any atom is -0.397 e. The molecule has 4 aromatic rings. The molecule has 2 aliphatic rings. The lowest BCUT2D eigenvalue weighted by molar-refractivity contribution is -0.253. The number of nitrogens with one attached hydrogen (secondary N) is 2. The van der Waals surface area contributed by atoms with Crippen LogP contribution in [0.2, 0.25) is 0 Å². The Hall–Kier alpha value is -4.58. The van der Waals surface area contributed by atoms with Crippen LogP contribution in [0.25, 0.3) is 0 Å². The van der Waals surface area contributed by atoms with Crippen LogP contribution in [0.4, 0.5) is 11.4 Å². The molecule has 5 N–H and O–H groups in total. The van der Waals surface area contributed by atoms with Gasteiger partial charge in [-0.15, -0.1) is 0 Å². The summed E-state index contributed by atoms with van der Waals surface area (Å²) in [6.45, 7) is 6.30. The van der Waals surface area contributed by atoms with Crippen LogP contribution >= 0.6 is 0 Å². The van der Waals surface area contributed by atoms with Crippen molar-refractivity contribution < 1.29 is 24.2 Å². The number of carbonyl (C=O) groups is 2. The van der Waals surface area contributed by atoms with Gasteiger partial charge >= 0.3 is 0 Å². The summed E-state index contributed by atoms with van der Waals surface area (Å²) < 4.78 is 13.2. The average Bonchev–Trinajstić information content (AvgIpc) is 3.19. The summed E-state index contributed by atoms with van der Waals surface area (Å²) in [4.78, 5) is 29.8. The monoisotopic (exact) mass is 719 g/mol. The normalized spacial score (nSPS) is 19.5. The number of hydrogen-bond donors (Lipinski definition) is 4. The van der Waals surface area contributed by atoms with Crippen LogP contribution in [0.15, 0.2) is 103 Å². The summed E-state index contributed by atoms with van der Waals surface area (Å²) in [6, 6.07) is 33.9. The molecule has 10 nitrogen and oxygen atoms in total. The minimum atomic E-state index is -0.522. The number of unbranched alkanes of at least 4 members (excludes halogenated alkanes) is 2. The molecule has 4 aromatic carbocycles. The molecule has 280 valence electrons. The maximum Gasteiger partial charge on any atom is 0.224 e. The van der Waals surface area contributed by atoms with Gasteiger partial charge in [0.25, 0.3) is 0 Å². The number of amides is 2. The molecular weight excluding hydrogens is 667 g/mol. The number of nitrogens with zero attached hydrogens (tertiary/aromatic N) is 2. The van der Waals surface area contributed by atoms with Gasteiger partial charge in [-0.05, 0) is 47.2 Å². The minimum absolute atomic E-state index is 0.00617. The first-order valence-electron chi connectivity index (χ1n) is 18.9. The van der Waals surface area contributed by atoms with Crippen LogP contribution in [-0.4, -0.2) is 65.5 Å². The first-order chi connectivity index (χ1) is 25.9. The van der Waals surface area contributed by atoms with Gasteiger partial charge in [0.05, 0.1) is 30.2 Å². The topological polar surface area (TPSA) is 129 Å². The zero-order valence-electron chi connectivity index (χ0n) is 30.5. The van der Waals surface area contributed by atoms with Gasteiger partial charge in [0.2, 0.25) is 11.8 Å². The summed E-state index contributed by atoms with van der Waals surface area (Å²) in [6.07, 6.45) is 3.11. The smallest absolute Gasteiger partial charge is 0.224 e. The van der Waals surface area contributed by atoms with E-state index in [1.54, 1.807) is 12.1 Å². The van der Waals surface area contributed by atoms with Crippen molar-refractivity contribution in [1.82, 2.24) is 15.1 Å². The number of carbonyl (C=O) groups excluding carboxylic acids is 2. The van der Waals surface area contributed by atoms with Gasteiger partial charge in [0.1, 0.15) is 0 Å². The fraction of sp³-hybridized carbons (Fsp3) is 0.395. The number of aliphatic hydroxyl groups excluding tert-OH is 1. The zero-order valence-corrected chi connectivity index (χ0v) is 30.5. The third-order valence-corrected chi connectivity index (χ3v) is 10.1. The SMILES string of the molecule is Nc1ccccc1NC(=O)CCCCCC(=O)NCc1ccc(C2OC(CN3CCN(Cc4ccccc4)CC3)CC(c3ccc(CO)cc3)O2)cc1. The van der Waals surface area contributed by atoms with Crippen molar-refractivity contribution in [1.29, 1.82) is 0 Å². The number of aliphatic hydroxyl groups is 1. The standard InChI is InChI=1S/C43H53N5O5/c44-38-11-7-8-12-39(38)46-42(51)14-6-2-5-13-41(50)45-28-32-15-21-36(22-16-32)43-52-37(27-40(53-43)35-19-17-34(31-49)18-20-35)30-48-25-23-47(24-26-48)29-33-9-3-1-4-10-33/h1,3-4,7-12,15-22,37,40,43,49H,2,5-6,13-14,23-31,44H2,(H,45,50)(H,46,51). The van der Waals surface area contributed by atoms with E-state index in [2.05, 4.69) is 50.8 Å². The van der Waals surface area contributed by atoms with Crippen LogP contribution in [0, 0.1) is 0 Å². The van der Waals surface area contributed by atoms with E-state index < -0.39 is 6.29 Å². The summed E-state index contributed by atoms with van der Waals surface area (Å²) in [5.41, 5.74) is 12.3. The van der Waals surface area contributed by atoms with Crippen molar-refractivity contribution >= 4 is 23.2 Å².